The van der Waals surface area contributed by atoms with Gasteiger partial charge in [-0.1, -0.05) is 13.8 Å². The van der Waals surface area contributed by atoms with Gasteiger partial charge in [-0.15, -0.1) is 0 Å². The van der Waals surface area contributed by atoms with E-state index < -0.39 is 0 Å². The van der Waals surface area contributed by atoms with Gasteiger partial charge in [0.05, 0.1) is 0 Å². The lowest BCUT2D eigenvalue weighted by atomic mass is 9.95. The molecule has 0 rings (SSSR count). The largest absolute Gasteiger partial charge is 0.396 e. The molecule has 0 heterocycles. The molecule has 0 aliphatic carbocycles. The van der Waals surface area contributed by atoms with Crippen LogP contribution in [0.15, 0.2) is 0 Å². The van der Waals surface area contributed by atoms with Crippen molar-refractivity contribution in [1.29, 1.82) is 0 Å². The molecule has 0 aromatic carbocycles. The van der Waals surface area contributed by atoms with E-state index in [4.69, 9.17) is 10.8 Å². The molecule has 0 aromatic heterocycles. The fourth-order valence-corrected chi connectivity index (χ4v) is 0.694. The SMILES string of the molecule is CC(C)(CO)CNCCC(N)=O. The van der Waals surface area contributed by atoms with E-state index in [1.54, 1.807) is 0 Å². The predicted octanol–water partition coefficient (Wildman–Crippen LogP) is -0.530. The van der Waals surface area contributed by atoms with Crippen molar-refractivity contribution in [2.24, 2.45) is 11.1 Å². The van der Waals surface area contributed by atoms with Gasteiger partial charge >= 0.3 is 0 Å². The van der Waals surface area contributed by atoms with Crippen molar-refractivity contribution in [2.75, 3.05) is 19.7 Å². The Bertz CT molecular complexity index is 146. The van der Waals surface area contributed by atoms with Crippen molar-refractivity contribution in [3.8, 4) is 0 Å². The Morgan fingerprint density at radius 3 is 2.58 bits per heavy atom. The number of carbonyl (C=O) groups is 1. The normalized spacial score (nSPS) is 11.6. The maximum Gasteiger partial charge on any atom is 0.218 e. The highest BCUT2D eigenvalue weighted by Crippen LogP contribution is 2.10. The fourth-order valence-electron chi connectivity index (χ4n) is 0.694. The second-order valence-corrected chi connectivity index (χ2v) is 3.72. The molecular formula is C8H18N2O2. The molecule has 1 amide bonds. The second-order valence-electron chi connectivity index (χ2n) is 3.72. The molecule has 0 aromatic rings. The highest BCUT2D eigenvalue weighted by Gasteiger charge is 2.15. The molecule has 0 unspecified atom stereocenters. The zero-order valence-electron chi connectivity index (χ0n) is 7.76. The molecule has 72 valence electrons. The highest BCUT2D eigenvalue weighted by atomic mass is 16.3. The van der Waals surface area contributed by atoms with Crippen LogP contribution in [0.4, 0.5) is 0 Å². The summed E-state index contributed by atoms with van der Waals surface area (Å²) in [5, 5.41) is 11.9. The Kier molecular flexibility index (Phi) is 4.85. The number of amides is 1. The van der Waals surface area contributed by atoms with Crippen molar-refractivity contribution < 1.29 is 9.90 Å². The summed E-state index contributed by atoms with van der Waals surface area (Å²) in [7, 11) is 0. The van der Waals surface area contributed by atoms with Crippen LogP contribution in [0, 0.1) is 5.41 Å². The van der Waals surface area contributed by atoms with E-state index in [0.717, 1.165) is 0 Å². The van der Waals surface area contributed by atoms with Gasteiger partial charge in [0.25, 0.3) is 0 Å². The van der Waals surface area contributed by atoms with Gasteiger partial charge in [-0.25, -0.2) is 0 Å². The van der Waals surface area contributed by atoms with Crippen molar-refractivity contribution in [2.45, 2.75) is 20.3 Å². The summed E-state index contributed by atoms with van der Waals surface area (Å²) in [5.41, 5.74) is 4.82. The van der Waals surface area contributed by atoms with E-state index in [1.165, 1.54) is 0 Å². The van der Waals surface area contributed by atoms with Crippen molar-refractivity contribution in [3.05, 3.63) is 0 Å². The molecule has 0 atom stereocenters. The molecule has 0 bridgehead atoms. The molecule has 0 saturated heterocycles. The van der Waals surface area contributed by atoms with Gasteiger partial charge in [0.15, 0.2) is 0 Å². The Labute approximate surface area is 73.1 Å². The van der Waals surface area contributed by atoms with Gasteiger partial charge < -0.3 is 16.2 Å². The number of nitrogens with two attached hydrogens (primary N) is 1. The van der Waals surface area contributed by atoms with Gasteiger partial charge in [-0.2, -0.15) is 0 Å². The Hall–Kier alpha value is -0.610. The van der Waals surface area contributed by atoms with Crippen molar-refractivity contribution in [3.63, 3.8) is 0 Å². The third-order valence-corrected chi connectivity index (χ3v) is 1.58. The fraction of sp³-hybridized carbons (Fsp3) is 0.875. The average Bonchev–Trinajstić information content (AvgIpc) is 1.98. The Balaban J connectivity index is 3.37. The number of aliphatic hydroxyl groups is 1. The first kappa shape index (κ1) is 11.4. The number of carbonyl (C=O) groups excluding carboxylic acids is 1. The molecule has 0 aliphatic rings. The minimum atomic E-state index is -0.302. The van der Waals surface area contributed by atoms with Gasteiger partial charge in [-0.3, -0.25) is 4.79 Å². The van der Waals surface area contributed by atoms with E-state index in [1.807, 2.05) is 13.8 Å². The van der Waals surface area contributed by atoms with Crippen LogP contribution in [-0.4, -0.2) is 30.7 Å². The van der Waals surface area contributed by atoms with Crippen LogP contribution in [0.25, 0.3) is 0 Å². The third kappa shape index (κ3) is 6.12. The van der Waals surface area contributed by atoms with Crippen LogP contribution in [0.5, 0.6) is 0 Å². The Morgan fingerprint density at radius 1 is 1.58 bits per heavy atom. The van der Waals surface area contributed by atoms with Crippen LogP contribution >= 0.6 is 0 Å². The predicted molar refractivity (Wildman–Crippen MR) is 47.5 cm³/mol. The monoisotopic (exact) mass is 174 g/mol. The van der Waals surface area contributed by atoms with Gasteiger partial charge in [0.1, 0.15) is 0 Å². The van der Waals surface area contributed by atoms with E-state index >= 15 is 0 Å². The lowest BCUT2D eigenvalue weighted by Gasteiger charge is -2.21. The van der Waals surface area contributed by atoms with E-state index in [9.17, 15) is 4.79 Å². The molecule has 0 saturated carbocycles. The van der Waals surface area contributed by atoms with Crippen LogP contribution in [0.3, 0.4) is 0 Å². The minimum Gasteiger partial charge on any atom is -0.396 e. The van der Waals surface area contributed by atoms with Crippen LogP contribution in [0.2, 0.25) is 0 Å². The summed E-state index contributed by atoms with van der Waals surface area (Å²) < 4.78 is 0. The van der Waals surface area contributed by atoms with E-state index in [-0.39, 0.29) is 17.9 Å². The lowest BCUT2D eigenvalue weighted by Crippen LogP contribution is -2.34. The van der Waals surface area contributed by atoms with Crippen LogP contribution < -0.4 is 11.1 Å². The van der Waals surface area contributed by atoms with Gasteiger partial charge in [0.2, 0.25) is 5.91 Å². The topological polar surface area (TPSA) is 75.3 Å². The summed E-state index contributed by atoms with van der Waals surface area (Å²) in [5.74, 6) is -0.302. The summed E-state index contributed by atoms with van der Waals surface area (Å²) in [4.78, 5) is 10.3. The first-order valence-corrected chi connectivity index (χ1v) is 4.08. The minimum absolute atomic E-state index is 0.127. The zero-order valence-corrected chi connectivity index (χ0v) is 7.76. The summed E-state index contributed by atoms with van der Waals surface area (Å²) in [6.45, 7) is 5.31. The molecule has 4 heteroatoms. The molecule has 4 nitrogen and oxygen atoms in total. The molecular weight excluding hydrogens is 156 g/mol. The number of aliphatic hydroxyl groups excluding tert-OH is 1. The standard InChI is InChI=1S/C8H18N2O2/c1-8(2,6-11)5-10-4-3-7(9)12/h10-11H,3-6H2,1-2H3,(H2,9,12). The number of hydrogen-bond donors (Lipinski definition) is 3. The molecule has 0 spiro atoms. The summed E-state index contributed by atoms with van der Waals surface area (Å²) >= 11 is 0. The van der Waals surface area contributed by atoms with E-state index in [0.29, 0.717) is 19.5 Å². The number of rotatable bonds is 6. The second kappa shape index (κ2) is 5.11. The maximum atomic E-state index is 10.3. The van der Waals surface area contributed by atoms with Crippen LogP contribution in [0.1, 0.15) is 20.3 Å². The molecule has 12 heavy (non-hydrogen) atoms. The van der Waals surface area contributed by atoms with Crippen LogP contribution in [-0.2, 0) is 4.79 Å². The maximum absolute atomic E-state index is 10.3. The quantitative estimate of drug-likeness (QED) is 0.474. The first-order chi connectivity index (χ1) is 5.48. The number of hydrogen-bond acceptors (Lipinski definition) is 3. The zero-order chi connectivity index (χ0) is 9.61. The van der Waals surface area contributed by atoms with Gasteiger partial charge in [0, 0.05) is 31.5 Å². The van der Waals surface area contributed by atoms with E-state index in [2.05, 4.69) is 5.32 Å². The smallest absolute Gasteiger partial charge is 0.218 e. The summed E-state index contributed by atoms with van der Waals surface area (Å²) in [6.07, 6.45) is 0.349. The number of primary amides is 1. The first-order valence-electron chi connectivity index (χ1n) is 4.08. The van der Waals surface area contributed by atoms with Crippen molar-refractivity contribution in [1.82, 2.24) is 5.32 Å². The summed E-state index contributed by atoms with van der Waals surface area (Å²) in [6, 6.07) is 0. The molecule has 0 radical (unpaired) electrons. The molecule has 0 fully saturated rings. The lowest BCUT2D eigenvalue weighted by molar-refractivity contribution is -0.117. The highest BCUT2D eigenvalue weighted by molar-refractivity contribution is 5.73. The molecule has 4 N–H and O–H groups in total. The third-order valence-electron chi connectivity index (χ3n) is 1.58. The average molecular weight is 174 g/mol. The van der Waals surface area contributed by atoms with Crippen molar-refractivity contribution >= 4 is 5.91 Å². The molecule has 0 aliphatic heterocycles. The van der Waals surface area contributed by atoms with Gasteiger partial charge in [-0.05, 0) is 0 Å². The number of nitrogens with one attached hydrogen (secondary N) is 1. The Morgan fingerprint density at radius 2 is 2.17 bits per heavy atom.